The smallest absolute Gasteiger partial charge is 0.119 e. The van der Waals surface area contributed by atoms with E-state index in [4.69, 9.17) is 4.74 Å². The number of nitrogens with zero attached hydrogens (tertiary/aromatic N) is 3. The second kappa shape index (κ2) is 9.56. The largest absolute Gasteiger partial charge is 0.494 e. The minimum atomic E-state index is 0.822. The normalized spacial score (nSPS) is 23.7. The number of hydrogen-bond donors (Lipinski definition) is 0. The molecule has 4 nitrogen and oxygen atoms in total. The lowest BCUT2D eigenvalue weighted by molar-refractivity contribution is 0.148. The molecule has 2 saturated heterocycles. The monoisotopic (exact) mass is 345 g/mol. The van der Waals surface area contributed by atoms with E-state index in [-0.39, 0.29) is 0 Å². The summed E-state index contributed by atoms with van der Waals surface area (Å²) in [7, 11) is 2.20. The van der Waals surface area contributed by atoms with E-state index in [1.54, 1.807) is 0 Å². The van der Waals surface area contributed by atoms with Crippen molar-refractivity contribution in [3.8, 4) is 5.75 Å². The van der Waals surface area contributed by atoms with Crippen LogP contribution in [0.15, 0.2) is 24.3 Å². The summed E-state index contributed by atoms with van der Waals surface area (Å²) in [5, 5.41) is 0. The van der Waals surface area contributed by atoms with Gasteiger partial charge in [0.05, 0.1) is 6.61 Å². The van der Waals surface area contributed by atoms with E-state index in [2.05, 4.69) is 52.9 Å². The predicted octanol–water partition coefficient (Wildman–Crippen LogP) is 2.93. The highest BCUT2D eigenvalue weighted by atomic mass is 16.5. The van der Waals surface area contributed by atoms with E-state index in [0.29, 0.717) is 0 Å². The third kappa shape index (κ3) is 6.28. The van der Waals surface area contributed by atoms with Crippen LogP contribution in [0.3, 0.4) is 0 Å². The number of piperazine rings is 1. The number of rotatable bonds is 7. The minimum Gasteiger partial charge on any atom is -0.494 e. The van der Waals surface area contributed by atoms with Gasteiger partial charge in [0.1, 0.15) is 5.75 Å². The molecule has 0 saturated carbocycles. The maximum Gasteiger partial charge on any atom is 0.119 e. The second-order valence-electron chi connectivity index (χ2n) is 7.97. The lowest BCUT2D eigenvalue weighted by Crippen LogP contribution is -2.43. The van der Waals surface area contributed by atoms with Crippen LogP contribution < -0.4 is 4.74 Å². The van der Waals surface area contributed by atoms with Crippen LogP contribution in [0.25, 0.3) is 0 Å². The summed E-state index contributed by atoms with van der Waals surface area (Å²) in [6.45, 7) is 12.6. The molecule has 1 unspecified atom stereocenters. The minimum absolute atomic E-state index is 0.822. The molecule has 1 aromatic rings. The molecule has 140 valence electrons. The summed E-state index contributed by atoms with van der Waals surface area (Å²) in [5.41, 5.74) is 1.39. The van der Waals surface area contributed by atoms with Crippen molar-refractivity contribution in [3.63, 3.8) is 0 Å². The molecule has 3 rings (SSSR count). The fourth-order valence-electron chi connectivity index (χ4n) is 3.92. The molecule has 0 aromatic heterocycles. The van der Waals surface area contributed by atoms with Crippen LogP contribution in [0, 0.1) is 5.92 Å². The van der Waals surface area contributed by atoms with Crippen LogP contribution in [0.1, 0.15) is 31.7 Å². The van der Waals surface area contributed by atoms with Crippen LogP contribution in [0.2, 0.25) is 0 Å². The average molecular weight is 346 g/mol. The van der Waals surface area contributed by atoms with E-state index in [0.717, 1.165) is 31.2 Å². The molecule has 0 amide bonds. The van der Waals surface area contributed by atoms with Gasteiger partial charge in [0.15, 0.2) is 0 Å². The first kappa shape index (κ1) is 18.7. The first-order valence-corrected chi connectivity index (χ1v) is 10.0. The zero-order valence-electron chi connectivity index (χ0n) is 16.1. The number of piperidine rings is 1. The predicted molar refractivity (Wildman–Crippen MR) is 104 cm³/mol. The fourth-order valence-corrected chi connectivity index (χ4v) is 3.92. The van der Waals surface area contributed by atoms with Crippen LogP contribution in [0.5, 0.6) is 5.75 Å². The lowest BCUT2D eigenvalue weighted by Gasteiger charge is -2.32. The van der Waals surface area contributed by atoms with Gasteiger partial charge < -0.3 is 14.5 Å². The highest BCUT2D eigenvalue weighted by molar-refractivity contribution is 5.27. The lowest BCUT2D eigenvalue weighted by atomic mass is 10.0. The Morgan fingerprint density at radius 3 is 2.48 bits per heavy atom. The average Bonchev–Trinajstić information content (AvgIpc) is 2.62. The molecule has 0 radical (unpaired) electrons. The number of likely N-dealkylation sites (tertiary alicyclic amines) is 1. The van der Waals surface area contributed by atoms with Gasteiger partial charge >= 0.3 is 0 Å². The Bertz CT molecular complexity index is 496. The third-order valence-corrected chi connectivity index (χ3v) is 5.55. The van der Waals surface area contributed by atoms with Crippen molar-refractivity contribution < 1.29 is 4.74 Å². The van der Waals surface area contributed by atoms with Gasteiger partial charge in [-0.1, -0.05) is 19.1 Å². The summed E-state index contributed by atoms with van der Waals surface area (Å²) in [6, 6.07) is 8.71. The molecule has 1 atom stereocenters. The SMILES string of the molecule is CC1CCCN(CCCOc2ccc(CN3CCN(C)CC3)cc2)C1. The summed E-state index contributed by atoms with van der Waals surface area (Å²) in [5.74, 6) is 1.87. The molecule has 4 heteroatoms. The Morgan fingerprint density at radius 1 is 1.00 bits per heavy atom. The molecule has 2 aliphatic heterocycles. The Morgan fingerprint density at radius 2 is 1.76 bits per heavy atom. The number of hydrogen-bond acceptors (Lipinski definition) is 4. The number of likely N-dealkylation sites (N-methyl/N-ethyl adjacent to an activating group) is 1. The van der Waals surface area contributed by atoms with Crippen LogP contribution in [-0.2, 0) is 6.54 Å². The van der Waals surface area contributed by atoms with Gasteiger partial charge in [-0.05, 0) is 56.5 Å². The highest BCUT2D eigenvalue weighted by Gasteiger charge is 2.15. The van der Waals surface area contributed by atoms with Gasteiger partial charge in [-0.25, -0.2) is 0 Å². The van der Waals surface area contributed by atoms with E-state index >= 15 is 0 Å². The maximum absolute atomic E-state index is 5.94. The Hall–Kier alpha value is -1.10. The van der Waals surface area contributed by atoms with Crippen molar-refractivity contribution in [2.24, 2.45) is 5.92 Å². The zero-order valence-corrected chi connectivity index (χ0v) is 16.1. The molecule has 2 aliphatic rings. The van der Waals surface area contributed by atoms with E-state index in [1.807, 2.05) is 0 Å². The molecule has 25 heavy (non-hydrogen) atoms. The molecule has 2 fully saturated rings. The van der Waals surface area contributed by atoms with Crippen LogP contribution in [0.4, 0.5) is 0 Å². The van der Waals surface area contributed by atoms with E-state index in [9.17, 15) is 0 Å². The standard InChI is InChI=1S/C21H35N3O/c1-19-5-3-10-23(17-19)11-4-16-25-21-8-6-20(7-9-21)18-24-14-12-22(2)13-15-24/h6-9,19H,3-5,10-18H2,1-2H3. The van der Waals surface area contributed by atoms with Crippen molar-refractivity contribution in [1.29, 1.82) is 0 Å². The fraction of sp³-hybridized carbons (Fsp3) is 0.714. The van der Waals surface area contributed by atoms with Gasteiger partial charge in [-0.2, -0.15) is 0 Å². The van der Waals surface area contributed by atoms with E-state index in [1.165, 1.54) is 64.2 Å². The summed E-state index contributed by atoms with van der Waals surface area (Å²) in [4.78, 5) is 7.53. The first-order chi connectivity index (χ1) is 12.2. The van der Waals surface area contributed by atoms with Gasteiger partial charge in [0.25, 0.3) is 0 Å². The Kier molecular flexibility index (Phi) is 7.14. The molecule has 2 heterocycles. The number of benzene rings is 1. The molecular weight excluding hydrogens is 310 g/mol. The quantitative estimate of drug-likeness (QED) is 0.707. The van der Waals surface area contributed by atoms with Crippen LogP contribution >= 0.6 is 0 Å². The molecular formula is C21H35N3O. The van der Waals surface area contributed by atoms with Crippen molar-refractivity contribution >= 4 is 0 Å². The summed E-state index contributed by atoms with van der Waals surface area (Å²) < 4.78 is 5.94. The van der Waals surface area contributed by atoms with Gasteiger partial charge in [-0.3, -0.25) is 4.90 Å². The topological polar surface area (TPSA) is 19.0 Å². The number of ether oxygens (including phenoxy) is 1. The summed E-state index contributed by atoms with van der Waals surface area (Å²) >= 11 is 0. The first-order valence-electron chi connectivity index (χ1n) is 10.0. The molecule has 0 aliphatic carbocycles. The van der Waals surface area contributed by atoms with Gasteiger partial charge in [0.2, 0.25) is 0 Å². The Labute approximate surface area is 153 Å². The van der Waals surface area contributed by atoms with Gasteiger partial charge in [0, 0.05) is 45.8 Å². The van der Waals surface area contributed by atoms with Crippen molar-refractivity contribution in [2.75, 3.05) is 59.5 Å². The summed E-state index contributed by atoms with van der Waals surface area (Å²) in [6.07, 6.45) is 3.88. The van der Waals surface area contributed by atoms with Gasteiger partial charge in [-0.15, -0.1) is 0 Å². The molecule has 0 bridgehead atoms. The van der Waals surface area contributed by atoms with Crippen molar-refractivity contribution in [3.05, 3.63) is 29.8 Å². The van der Waals surface area contributed by atoms with Crippen molar-refractivity contribution in [1.82, 2.24) is 14.7 Å². The molecule has 0 N–H and O–H groups in total. The van der Waals surface area contributed by atoms with Crippen molar-refractivity contribution in [2.45, 2.75) is 32.7 Å². The molecule has 1 aromatic carbocycles. The Balaban J connectivity index is 1.33. The van der Waals surface area contributed by atoms with Crippen LogP contribution in [-0.4, -0.2) is 74.2 Å². The molecule has 0 spiro atoms. The van der Waals surface area contributed by atoms with E-state index < -0.39 is 0 Å². The zero-order chi connectivity index (χ0) is 17.5. The maximum atomic E-state index is 5.94. The highest BCUT2D eigenvalue weighted by Crippen LogP contribution is 2.17. The third-order valence-electron chi connectivity index (χ3n) is 5.55. The second-order valence-corrected chi connectivity index (χ2v) is 7.97.